The summed E-state index contributed by atoms with van der Waals surface area (Å²) in [7, 11) is -1.87. The van der Waals surface area contributed by atoms with Crippen LogP contribution in [-0.4, -0.2) is 28.7 Å². The molecule has 0 spiro atoms. The molecule has 0 aromatic heterocycles. The van der Waals surface area contributed by atoms with Crippen LogP contribution < -0.4 is 10.5 Å². The molecular formula is C13H22N2O3S. The van der Waals surface area contributed by atoms with Crippen molar-refractivity contribution < 1.29 is 13.2 Å². The third kappa shape index (κ3) is 4.19. The molecule has 0 saturated heterocycles. The van der Waals surface area contributed by atoms with E-state index < -0.39 is 10.0 Å². The van der Waals surface area contributed by atoms with Gasteiger partial charge in [-0.25, -0.2) is 13.1 Å². The third-order valence-electron chi connectivity index (χ3n) is 2.98. The van der Waals surface area contributed by atoms with Gasteiger partial charge in [0.2, 0.25) is 10.0 Å². The normalized spacial score (nSPS) is 11.7. The Bertz CT molecular complexity index is 527. The second-order valence-electron chi connectivity index (χ2n) is 4.52. The smallest absolute Gasteiger partial charge is 0.241 e. The molecule has 0 radical (unpaired) electrons. The Kier molecular flexibility index (Phi) is 5.78. The van der Waals surface area contributed by atoms with E-state index in [1.54, 1.807) is 33.1 Å². The summed E-state index contributed by atoms with van der Waals surface area (Å²) in [5.41, 5.74) is 7.57. The number of nitrogens with one attached hydrogen (secondary N) is 1. The first-order chi connectivity index (χ1) is 8.90. The highest BCUT2D eigenvalue weighted by Gasteiger charge is 2.20. The third-order valence-corrected chi connectivity index (χ3v) is 4.73. The van der Waals surface area contributed by atoms with Gasteiger partial charge in [-0.3, -0.25) is 0 Å². The first-order valence-corrected chi connectivity index (χ1v) is 7.72. The maximum atomic E-state index is 12.3. The zero-order chi connectivity index (χ0) is 14.5. The number of nitrogen functional groups attached to an aromatic ring is 1. The molecule has 1 rings (SSSR count). The van der Waals surface area contributed by atoms with Gasteiger partial charge in [0.15, 0.2) is 0 Å². The molecule has 0 aliphatic heterocycles. The van der Waals surface area contributed by atoms with Crippen molar-refractivity contribution in [2.45, 2.75) is 31.6 Å². The van der Waals surface area contributed by atoms with Gasteiger partial charge in [-0.05, 0) is 43.9 Å². The Hall–Kier alpha value is -1.11. The van der Waals surface area contributed by atoms with Gasteiger partial charge in [0, 0.05) is 25.9 Å². The molecule has 0 aliphatic carbocycles. The van der Waals surface area contributed by atoms with E-state index in [9.17, 15) is 8.42 Å². The molecule has 108 valence electrons. The summed E-state index contributed by atoms with van der Waals surface area (Å²) >= 11 is 0. The van der Waals surface area contributed by atoms with Crippen LogP contribution in [0.3, 0.4) is 0 Å². The fourth-order valence-corrected chi connectivity index (χ4v) is 3.48. The van der Waals surface area contributed by atoms with Crippen LogP contribution in [0.5, 0.6) is 0 Å². The van der Waals surface area contributed by atoms with Crippen molar-refractivity contribution in [3.8, 4) is 0 Å². The van der Waals surface area contributed by atoms with Gasteiger partial charge in [-0.15, -0.1) is 0 Å². The van der Waals surface area contributed by atoms with Crippen molar-refractivity contribution in [1.82, 2.24) is 4.72 Å². The van der Waals surface area contributed by atoms with Crippen molar-refractivity contribution in [1.29, 1.82) is 0 Å². The highest BCUT2D eigenvalue weighted by molar-refractivity contribution is 7.89. The Balaban J connectivity index is 2.81. The van der Waals surface area contributed by atoms with Gasteiger partial charge in [0.1, 0.15) is 0 Å². The summed E-state index contributed by atoms with van der Waals surface area (Å²) in [5.74, 6) is 0. The average molecular weight is 286 g/mol. The SMILES string of the molecule is COCCCCNS(=O)(=O)c1c(C)ccc(N)c1C. The van der Waals surface area contributed by atoms with Crippen LogP contribution >= 0.6 is 0 Å². The molecule has 6 heteroatoms. The first kappa shape index (κ1) is 15.9. The summed E-state index contributed by atoms with van der Waals surface area (Å²) in [6.07, 6.45) is 1.57. The minimum absolute atomic E-state index is 0.291. The molecule has 1 aromatic carbocycles. The van der Waals surface area contributed by atoms with Gasteiger partial charge in [-0.2, -0.15) is 0 Å². The number of nitrogens with two attached hydrogens (primary N) is 1. The van der Waals surface area contributed by atoms with E-state index in [1.807, 2.05) is 0 Å². The maximum absolute atomic E-state index is 12.3. The van der Waals surface area contributed by atoms with E-state index in [2.05, 4.69) is 4.72 Å². The molecule has 0 saturated carbocycles. The summed E-state index contributed by atoms with van der Waals surface area (Å²) in [5, 5.41) is 0. The number of unbranched alkanes of at least 4 members (excludes halogenated alkanes) is 1. The Morgan fingerprint density at radius 1 is 1.26 bits per heavy atom. The Labute approximate surface area is 115 Å². The lowest BCUT2D eigenvalue weighted by Crippen LogP contribution is -2.26. The first-order valence-electron chi connectivity index (χ1n) is 6.24. The molecular weight excluding hydrogens is 264 g/mol. The molecule has 1 aromatic rings. The van der Waals surface area contributed by atoms with E-state index >= 15 is 0 Å². The molecule has 3 N–H and O–H groups in total. The molecule has 0 bridgehead atoms. The quantitative estimate of drug-likeness (QED) is 0.589. The van der Waals surface area contributed by atoms with Gasteiger partial charge in [0.25, 0.3) is 0 Å². The second kappa shape index (κ2) is 6.88. The maximum Gasteiger partial charge on any atom is 0.241 e. The zero-order valence-corrected chi connectivity index (χ0v) is 12.5. The highest BCUT2D eigenvalue weighted by atomic mass is 32.2. The molecule has 0 aliphatic rings. The molecule has 19 heavy (non-hydrogen) atoms. The van der Waals surface area contributed by atoms with Crippen LogP contribution in [0.2, 0.25) is 0 Å². The summed E-state index contributed by atoms with van der Waals surface area (Å²) in [4.78, 5) is 0.291. The molecule has 0 atom stereocenters. The van der Waals surface area contributed by atoms with Crippen molar-refractivity contribution in [3.05, 3.63) is 23.3 Å². The monoisotopic (exact) mass is 286 g/mol. The lowest BCUT2D eigenvalue weighted by molar-refractivity contribution is 0.193. The number of anilines is 1. The fourth-order valence-electron chi connectivity index (χ4n) is 1.91. The molecule has 0 heterocycles. The number of methoxy groups -OCH3 is 1. The lowest BCUT2D eigenvalue weighted by atomic mass is 10.1. The van der Waals surface area contributed by atoms with Crippen LogP contribution in [-0.2, 0) is 14.8 Å². The number of rotatable bonds is 7. The van der Waals surface area contributed by atoms with Crippen LogP contribution in [0.4, 0.5) is 5.69 Å². The molecule has 0 fully saturated rings. The number of aryl methyl sites for hydroxylation is 1. The van der Waals surface area contributed by atoms with E-state index in [1.165, 1.54) is 0 Å². The van der Waals surface area contributed by atoms with Crippen molar-refractivity contribution in [2.24, 2.45) is 0 Å². The van der Waals surface area contributed by atoms with Gasteiger partial charge in [0.05, 0.1) is 4.90 Å². The van der Waals surface area contributed by atoms with E-state index in [0.717, 1.165) is 12.8 Å². The van der Waals surface area contributed by atoms with Crippen molar-refractivity contribution in [3.63, 3.8) is 0 Å². The minimum atomic E-state index is -3.50. The number of hydrogen-bond acceptors (Lipinski definition) is 4. The topological polar surface area (TPSA) is 81.4 Å². The van der Waals surface area contributed by atoms with Crippen LogP contribution in [0.15, 0.2) is 17.0 Å². The van der Waals surface area contributed by atoms with Gasteiger partial charge >= 0.3 is 0 Å². The van der Waals surface area contributed by atoms with Crippen molar-refractivity contribution >= 4 is 15.7 Å². The largest absolute Gasteiger partial charge is 0.398 e. The number of ether oxygens (including phenoxy) is 1. The van der Waals surface area contributed by atoms with E-state index in [0.29, 0.717) is 34.9 Å². The number of hydrogen-bond donors (Lipinski definition) is 2. The molecule has 0 unspecified atom stereocenters. The van der Waals surface area contributed by atoms with Gasteiger partial charge in [-0.1, -0.05) is 6.07 Å². The molecule has 5 nitrogen and oxygen atoms in total. The van der Waals surface area contributed by atoms with Crippen LogP contribution in [0.1, 0.15) is 24.0 Å². The van der Waals surface area contributed by atoms with Crippen LogP contribution in [0, 0.1) is 13.8 Å². The van der Waals surface area contributed by atoms with Crippen molar-refractivity contribution in [2.75, 3.05) is 26.0 Å². The number of sulfonamides is 1. The minimum Gasteiger partial charge on any atom is -0.398 e. The predicted molar refractivity (Wildman–Crippen MR) is 76.6 cm³/mol. The zero-order valence-electron chi connectivity index (χ0n) is 11.7. The summed E-state index contributed by atoms with van der Waals surface area (Å²) in [6.45, 7) is 4.53. The summed E-state index contributed by atoms with van der Waals surface area (Å²) < 4.78 is 32.0. The second-order valence-corrected chi connectivity index (χ2v) is 6.23. The highest BCUT2D eigenvalue weighted by Crippen LogP contribution is 2.24. The fraction of sp³-hybridized carbons (Fsp3) is 0.538. The predicted octanol–water partition coefficient (Wildman–Crippen LogP) is 1.59. The van der Waals surface area contributed by atoms with Gasteiger partial charge < -0.3 is 10.5 Å². The van der Waals surface area contributed by atoms with E-state index in [4.69, 9.17) is 10.5 Å². The Morgan fingerprint density at radius 2 is 1.95 bits per heavy atom. The molecule has 0 amide bonds. The average Bonchev–Trinajstić information content (AvgIpc) is 2.34. The lowest BCUT2D eigenvalue weighted by Gasteiger charge is -2.13. The van der Waals surface area contributed by atoms with Crippen LogP contribution in [0.25, 0.3) is 0 Å². The standard InChI is InChI=1S/C13H22N2O3S/c1-10-6-7-12(14)11(2)13(10)19(16,17)15-8-4-5-9-18-3/h6-7,15H,4-5,8-9,14H2,1-3H3. The Morgan fingerprint density at radius 3 is 2.58 bits per heavy atom. The van der Waals surface area contributed by atoms with E-state index in [-0.39, 0.29) is 0 Å². The number of benzene rings is 1. The summed E-state index contributed by atoms with van der Waals surface area (Å²) in [6, 6.07) is 3.45.